The fraction of sp³-hybridized carbons (Fsp3) is 0.667. The van der Waals surface area contributed by atoms with Gasteiger partial charge in [-0.15, -0.1) is 0 Å². The first-order valence-electron chi connectivity index (χ1n) is 6.23. The van der Waals surface area contributed by atoms with Crippen LogP contribution in [0.2, 0.25) is 0 Å². The topological polar surface area (TPSA) is 114 Å². The van der Waals surface area contributed by atoms with E-state index in [0.717, 1.165) is 0 Å². The third-order valence-corrected chi connectivity index (χ3v) is 2.03. The Morgan fingerprint density at radius 3 is 2.00 bits per heavy atom. The molecule has 0 heterocycles. The molecular formula is C12H21N3O5. The second-order valence-electron chi connectivity index (χ2n) is 4.46. The van der Waals surface area contributed by atoms with E-state index >= 15 is 0 Å². The van der Waals surface area contributed by atoms with E-state index in [1.807, 2.05) is 0 Å². The molecule has 0 unspecified atom stereocenters. The molecule has 0 aliphatic heterocycles. The van der Waals surface area contributed by atoms with E-state index in [1.165, 1.54) is 13.8 Å². The zero-order valence-corrected chi connectivity index (χ0v) is 12.1. The van der Waals surface area contributed by atoms with Gasteiger partial charge in [-0.1, -0.05) is 0 Å². The summed E-state index contributed by atoms with van der Waals surface area (Å²) in [6, 6.07) is -0.794. The molecule has 0 aromatic heterocycles. The van der Waals surface area contributed by atoms with Crippen LogP contribution in [0.25, 0.3) is 0 Å². The van der Waals surface area contributed by atoms with Crippen molar-refractivity contribution in [3.63, 3.8) is 0 Å². The first kappa shape index (κ1) is 17.9. The van der Waals surface area contributed by atoms with Gasteiger partial charge in [0.2, 0.25) is 17.7 Å². The number of ether oxygens (including phenoxy) is 1. The number of esters is 1. The van der Waals surface area contributed by atoms with Crippen LogP contribution in [-0.2, 0) is 23.9 Å². The summed E-state index contributed by atoms with van der Waals surface area (Å²) in [4.78, 5) is 44.7. The van der Waals surface area contributed by atoms with Crippen molar-refractivity contribution in [1.29, 1.82) is 0 Å². The highest BCUT2D eigenvalue weighted by Gasteiger charge is 2.18. The number of rotatable bonds is 7. The maximum atomic E-state index is 11.5. The van der Waals surface area contributed by atoms with Crippen LogP contribution in [0.3, 0.4) is 0 Å². The molecule has 0 aromatic carbocycles. The number of hydrogen-bond donors (Lipinski definition) is 3. The Morgan fingerprint density at radius 2 is 1.50 bits per heavy atom. The van der Waals surface area contributed by atoms with Crippen LogP contribution in [-0.4, -0.2) is 48.9 Å². The standard InChI is InChI=1S/C12H21N3O5/c1-7(2)20-12(19)8(3)15-11(18)6-14-10(17)5-13-9(4)16/h7-8H,5-6H2,1-4H3,(H,13,16)(H,14,17)(H,15,18)/t8-/m0/s1. The summed E-state index contributed by atoms with van der Waals surface area (Å²) in [5.41, 5.74) is 0. The SMILES string of the molecule is CC(=O)NCC(=O)NCC(=O)N[C@@H](C)C(=O)OC(C)C. The van der Waals surface area contributed by atoms with Crippen LogP contribution in [0.4, 0.5) is 0 Å². The monoisotopic (exact) mass is 287 g/mol. The lowest BCUT2D eigenvalue weighted by Gasteiger charge is -2.15. The van der Waals surface area contributed by atoms with E-state index in [4.69, 9.17) is 4.74 Å². The highest BCUT2D eigenvalue weighted by molar-refractivity contribution is 5.89. The van der Waals surface area contributed by atoms with Crippen LogP contribution in [0.15, 0.2) is 0 Å². The summed E-state index contributed by atoms with van der Waals surface area (Å²) in [6.45, 7) is 5.69. The zero-order chi connectivity index (χ0) is 15.7. The molecule has 8 nitrogen and oxygen atoms in total. The molecule has 3 amide bonds. The second-order valence-corrected chi connectivity index (χ2v) is 4.46. The summed E-state index contributed by atoms with van der Waals surface area (Å²) in [6.07, 6.45) is -0.265. The van der Waals surface area contributed by atoms with Gasteiger partial charge in [0.15, 0.2) is 0 Å². The third-order valence-electron chi connectivity index (χ3n) is 2.03. The van der Waals surface area contributed by atoms with Crippen LogP contribution >= 0.6 is 0 Å². The molecule has 0 spiro atoms. The van der Waals surface area contributed by atoms with E-state index in [1.54, 1.807) is 13.8 Å². The largest absolute Gasteiger partial charge is 0.461 e. The van der Waals surface area contributed by atoms with Gasteiger partial charge < -0.3 is 20.7 Å². The first-order chi connectivity index (χ1) is 9.22. The minimum atomic E-state index is -0.794. The minimum Gasteiger partial charge on any atom is -0.461 e. The lowest BCUT2D eigenvalue weighted by Crippen LogP contribution is -2.46. The number of amides is 3. The average Bonchev–Trinajstić information content (AvgIpc) is 2.32. The minimum absolute atomic E-state index is 0.201. The Kier molecular flexibility index (Phi) is 7.95. The van der Waals surface area contributed by atoms with Gasteiger partial charge in [0.05, 0.1) is 19.2 Å². The van der Waals surface area contributed by atoms with Crippen molar-refractivity contribution in [2.45, 2.75) is 39.8 Å². The summed E-state index contributed by atoms with van der Waals surface area (Å²) in [5.74, 6) is -1.89. The molecule has 0 bridgehead atoms. The van der Waals surface area contributed by atoms with Crippen molar-refractivity contribution in [3.05, 3.63) is 0 Å². The van der Waals surface area contributed by atoms with Gasteiger partial charge >= 0.3 is 5.97 Å². The van der Waals surface area contributed by atoms with Crippen LogP contribution in [0, 0.1) is 0 Å². The highest BCUT2D eigenvalue weighted by Crippen LogP contribution is 1.93. The lowest BCUT2D eigenvalue weighted by atomic mass is 10.3. The van der Waals surface area contributed by atoms with E-state index < -0.39 is 23.8 Å². The summed E-state index contributed by atoms with van der Waals surface area (Å²) in [7, 11) is 0. The fourth-order valence-electron chi connectivity index (χ4n) is 1.13. The molecule has 114 valence electrons. The smallest absolute Gasteiger partial charge is 0.328 e. The molecule has 0 saturated carbocycles. The molecule has 3 N–H and O–H groups in total. The maximum absolute atomic E-state index is 11.5. The molecule has 0 radical (unpaired) electrons. The Bertz CT molecular complexity index is 381. The Labute approximate surface area is 117 Å². The number of nitrogens with one attached hydrogen (secondary N) is 3. The predicted octanol–water partition coefficient (Wildman–Crippen LogP) is -1.30. The zero-order valence-electron chi connectivity index (χ0n) is 12.1. The molecule has 0 aliphatic rings. The van der Waals surface area contributed by atoms with Gasteiger partial charge in [0.1, 0.15) is 6.04 Å². The second kappa shape index (κ2) is 8.89. The molecule has 0 rings (SSSR count). The van der Waals surface area contributed by atoms with Crippen molar-refractivity contribution < 1.29 is 23.9 Å². The van der Waals surface area contributed by atoms with Crippen molar-refractivity contribution in [2.75, 3.05) is 13.1 Å². The van der Waals surface area contributed by atoms with E-state index in [9.17, 15) is 19.2 Å². The van der Waals surface area contributed by atoms with Crippen molar-refractivity contribution >= 4 is 23.7 Å². The average molecular weight is 287 g/mol. The summed E-state index contributed by atoms with van der Waals surface area (Å²) < 4.78 is 4.91. The molecule has 0 saturated heterocycles. The third kappa shape index (κ3) is 8.90. The molecule has 0 fully saturated rings. The van der Waals surface area contributed by atoms with E-state index in [0.29, 0.717) is 0 Å². The van der Waals surface area contributed by atoms with Crippen molar-refractivity contribution in [3.8, 4) is 0 Å². The molecule has 8 heteroatoms. The van der Waals surface area contributed by atoms with Crippen LogP contribution < -0.4 is 16.0 Å². The highest BCUT2D eigenvalue weighted by atomic mass is 16.5. The number of carbonyl (C=O) groups is 4. The fourth-order valence-corrected chi connectivity index (χ4v) is 1.13. The number of carbonyl (C=O) groups excluding carboxylic acids is 4. The Morgan fingerprint density at radius 1 is 0.950 bits per heavy atom. The lowest BCUT2D eigenvalue weighted by molar-refractivity contribution is -0.150. The predicted molar refractivity (Wildman–Crippen MR) is 70.5 cm³/mol. The molecule has 0 aromatic rings. The maximum Gasteiger partial charge on any atom is 0.328 e. The molecule has 1 atom stereocenters. The van der Waals surface area contributed by atoms with Crippen LogP contribution in [0.5, 0.6) is 0 Å². The normalized spacial score (nSPS) is 11.4. The van der Waals surface area contributed by atoms with Crippen molar-refractivity contribution in [2.24, 2.45) is 0 Å². The van der Waals surface area contributed by atoms with Crippen LogP contribution in [0.1, 0.15) is 27.7 Å². The molecule has 0 aliphatic carbocycles. The summed E-state index contributed by atoms with van der Waals surface area (Å²) >= 11 is 0. The van der Waals surface area contributed by atoms with E-state index in [2.05, 4.69) is 16.0 Å². The summed E-state index contributed by atoms with van der Waals surface area (Å²) in [5, 5.41) is 6.99. The van der Waals surface area contributed by atoms with Gasteiger partial charge in [-0.3, -0.25) is 14.4 Å². The quantitative estimate of drug-likeness (QED) is 0.503. The van der Waals surface area contributed by atoms with Gasteiger partial charge in [-0.25, -0.2) is 4.79 Å². The van der Waals surface area contributed by atoms with Gasteiger partial charge in [0.25, 0.3) is 0 Å². The Balaban J connectivity index is 3.96. The molecular weight excluding hydrogens is 266 g/mol. The van der Waals surface area contributed by atoms with Crippen molar-refractivity contribution in [1.82, 2.24) is 16.0 Å². The van der Waals surface area contributed by atoms with Gasteiger partial charge in [0, 0.05) is 6.92 Å². The Hall–Kier alpha value is -2.12. The number of hydrogen-bond acceptors (Lipinski definition) is 5. The first-order valence-corrected chi connectivity index (χ1v) is 6.23. The van der Waals surface area contributed by atoms with Gasteiger partial charge in [-0.05, 0) is 20.8 Å². The molecule has 20 heavy (non-hydrogen) atoms. The van der Waals surface area contributed by atoms with Gasteiger partial charge in [-0.2, -0.15) is 0 Å². The van der Waals surface area contributed by atoms with E-state index in [-0.39, 0.29) is 25.1 Å².